The Bertz CT molecular complexity index is 1290. The molecule has 1 N–H and O–H groups in total. The third kappa shape index (κ3) is 6.69. The summed E-state index contributed by atoms with van der Waals surface area (Å²) in [5, 5.41) is 2.74. The van der Waals surface area contributed by atoms with E-state index >= 15 is 0 Å². The van der Waals surface area contributed by atoms with Gasteiger partial charge < -0.3 is 19.5 Å². The molecule has 0 unspecified atom stereocenters. The van der Waals surface area contributed by atoms with Gasteiger partial charge in [0.15, 0.2) is 0 Å². The third-order valence-electron chi connectivity index (χ3n) is 5.44. The minimum Gasteiger partial charge on any atom is -0.497 e. The predicted molar refractivity (Wildman–Crippen MR) is 140 cm³/mol. The lowest BCUT2D eigenvalue weighted by atomic mass is 10.1. The fraction of sp³-hybridized carbons (Fsp3) is 0.296. The number of rotatable bonds is 11. The summed E-state index contributed by atoms with van der Waals surface area (Å²) in [6, 6.07) is 17.1. The fourth-order valence-electron chi connectivity index (χ4n) is 3.69. The van der Waals surface area contributed by atoms with Crippen LogP contribution >= 0.6 is 0 Å². The van der Waals surface area contributed by atoms with E-state index in [2.05, 4.69) is 5.32 Å². The normalized spacial score (nSPS) is 11.0. The number of amides is 1. The van der Waals surface area contributed by atoms with Crippen LogP contribution in [0, 0.1) is 20.8 Å². The highest BCUT2D eigenvalue weighted by molar-refractivity contribution is 7.92. The van der Waals surface area contributed by atoms with E-state index in [1.54, 1.807) is 24.3 Å². The maximum absolute atomic E-state index is 13.7. The van der Waals surface area contributed by atoms with E-state index in [9.17, 15) is 13.2 Å². The summed E-state index contributed by atoms with van der Waals surface area (Å²) in [6.07, 6.45) is 0. The highest BCUT2D eigenvalue weighted by atomic mass is 32.2. The third-order valence-corrected chi connectivity index (χ3v) is 7.21. The molecule has 0 saturated carbocycles. The van der Waals surface area contributed by atoms with Crippen molar-refractivity contribution in [3.63, 3.8) is 0 Å². The van der Waals surface area contributed by atoms with Crippen molar-refractivity contribution in [2.24, 2.45) is 0 Å². The Morgan fingerprint density at radius 3 is 2.11 bits per heavy atom. The van der Waals surface area contributed by atoms with Crippen LogP contribution in [0.2, 0.25) is 0 Å². The summed E-state index contributed by atoms with van der Waals surface area (Å²) in [5.74, 6) is 0.945. The van der Waals surface area contributed by atoms with Gasteiger partial charge >= 0.3 is 0 Å². The van der Waals surface area contributed by atoms with Gasteiger partial charge in [0.25, 0.3) is 10.0 Å². The highest BCUT2D eigenvalue weighted by Gasteiger charge is 2.30. The molecular weight excluding hydrogens is 480 g/mol. The van der Waals surface area contributed by atoms with Gasteiger partial charge in [0, 0.05) is 6.07 Å². The molecule has 1 amide bonds. The Balaban J connectivity index is 1.81. The number of carbonyl (C=O) groups is 1. The lowest BCUT2D eigenvalue weighted by molar-refractivity contribution is -0.119. The predicted octanol–water partition coefficient (Wildman–Crippen LogP) is 4.02. The Labute approximate surface area is 212 Å². The van der Waals surface area contributed by atoms with E-state index in [-0.39, 0.29) is 29.5 Å². The minimum absolute atomic E-state index is 0.0592. The molecule has 3 aromatic rings. The number of anilines is 1. The average molecular weight is 513 g/mol. The monoisotopic (exact) mass is 512 g/mol. The molecule has 0 aliphatic carbocycles. The van der Waals surface area contributed by atoms with Crippen LogP contribution in [0.25, 0.3) is 0 Å². The van der Waals surface area contributed by atoms with Crippen LogP contribution in [0.4, 0.5) is 5.69 Å². The molecule has 0 aromatic heterocycles. The van der Waals surface area contributed by atoms with Crippen molar-refractivity contribution >= 4 is 21.6 Å². The van der Waals surface area contributed by atoms with E-state index in [0.29, 0.717) is 11.5 Å². The number of nitrogens with zero attached hydrogens (tertiary/aromatic N) is 1. The Hall–Kier alpha value is -3.72. The van der Waals surface area contributed by atoms with Gasteiger partial charge in [0.2, 0.25) is 5.91 Å². The van der Waals surface area contributed by atoms with E-state index < -0.39 is 22.5 Å². The number of ether oxygens (including phenoxy) is 3. The van der Waals surface area contributed by atoms with Crippen LogP contribution in [0.1, 0.15) is 16.7 Å². The van der Waals surface area contributed by atoms with Crippen LogP contribution in [0.5, 0.6) is 17.2 Å². The van der Waals surface area contributed by atoms with E-state index in [0.717, 1.165) is 21.0 Å². The molecule has 8 nitrogen and oxygen atoms in total. The van der Waals surface area contributed by atoms with Crippen molar-refractivity contribution < 1.29 is 27.4 Å². The Morgan fingerprint density at radius 1 is 0.833 bits per heavy atom. The summed E-state index contributed by atoms with van der Waals surface area (Å²) < 4.78 is 44.8. The molecule has 0 atom stereocenters. The fourth-order valence-corrected chi connectivity index (χ4v) is 5.11. The van der Waals surface area contributed by atoms with Crippen LogP contribution in [-0.2, 0) is 14.8 Å². The molecule has 0 radical (unpaired) electrons. The van der Waals surface area contributed by atoms with Gasteiger partial charge in [-0.3, -0.25) is 9.10 Å². The zero-order valence-corrected chi connectivity index (χ0v) is 22.0. The van der Waals surface area contributed by atoms with Gasteiger partial charge in [-0.2, -0.15) is 0 Å². The average Bonchev–Trinajstić information content (AvgIpc) is 2.84. The van der Waals surface area contributed by atoms with Gasteiger partial charge in [-0.05, 0) is 68.3 Å². The molecule has 0 bridgehead atoms. The van der Waals surface area contributed by atoms with Gasteiger partial charge in [0.1, 0.15) is 30.4 Å². The first-order chi connectivity index (χ1) is 17.1. The second-order valence-electron chi connectivity index (χ2n) is 8.38. The van der Waals surface area contributed by atoms with Gasteiger partial charge in [-0.15, -0.1) is 0 Å². The summed E-state index contributed by atoms with van der Waals surface area (Å²) in [5.41, 5.74) is 3.27. The first-order valence-corrected chi connectivity index (χ1v) is 12.9. The molecule has 36 heavy (non-hydrogen) atoms. The quantitative estimate of drug-likeness (QED) is 0.390. The number of methoxy groups -OCH3 is 2. The molecular formula is C27H32N2O6S. The second-order valence-corrected chi connectivity index (χ2v) is 10.2. The largest absolute Gasteiger partial charge is 0.497 e. The molecule has 9 heteroatoms. The van der Waals surface area contributed by atoms with E-state index in [1.807, 2.05) is 39.0 Å². The molecule has 0 heterocycles. The molecule has 0 aliphatic heterocycles. The number of aryl methyl sites for hydroxylation is 3. The molecule has 0 fully saturated rings. The minimum atomic E-state index is -4.10. The topological polar surface area (TPSA) is 94.2 Å². The molecule has 0 spiro atoms. The SMILES string of the molecule is COc1ccc(OC)c(N(CC(=O)NCCOc2cc(C)cc(C)c2)S(=O)(=O)c2ccc(C)cc2)c1. The molecule has 192 valence electrons. The Kier molecular flexibility index (Phi) is 8.82. The number of sulfonamides is 1. The van der Waals surface area contributed by atoms with Gasteiger partial charge in [-0.1, -0.05) is 23.8 Å². The van der Waals surface area contributed by atoms with Crippen LogP contribution in [0.3, 0.4) is 0 Å². The maximum atomic E-state index is 13.7. The zero-order valence-electron chi connectivity index (χ0n) is 21.2. The first kappa shape index (κ1) is 26.9. The number of hydrogen-bond donors (Lipinski definition) is 1. The number of carbonyl (C=O) groups excluding carboxylic acids is 1. The van der Waals surface area contributed by atoms with Gasteiger partial charge in [-0.25, -0.2) is 8.42 Å². The summed E-state index contributed by atoms with van der Waals surface area (Å²) in [4.78, 5) is 12.9. The van der Waals surface area contributed by atoms with E-state index in [1.165, 1.54) is 32.4 Å². The Morgan fingerprint density at radius 2 is 1.50 bits per heavy atom. The number of benzene rings is 3. The second kappa shape index (κ2) is 11.8. The highest BCUT2D eigenvalue weighted by Crippen LogP contribution is 2.35. The molecule has 0 saturated heterocycles. The van der Waals surface area contributed by atoms with Gasteiger partial charge in [0.05, 0.1) is 31.3 Å². The van der Waals surface area contributed by atoms with Crippen LogP contribution < -0.4 is 23.8 Å². The summed E-state index contributed by atoms with van der Waals surface area (Å²) in [7, 11) is -1.19. The molecule has 3 aromatic carbocycles. The van der Waals surface area contributed by atoms with Crippen molar-refractivity contribution in [2.75, 3.05) is 38.2 Å². The van der Waals surface area contributed by atoms with Crippen LogP contribution in [-0.4, -0.2) is 48.2 Å². The van der Waals surface area contributed by atoms with Crippen molar-refractivity contribution in [1.29, 1.82) is 0 Å². The van der Waals surface area contributed by atoms with Crippen molar-refractivity contribution in [2.45, 2.75) is 25.7 Å². The summed E-state index contributed by atoms with van der Waals surface area (Å²) in [6.45, 7) is 5.83. The number of hydrogen-bond acceptors (Lipinski definition) is 6. The van der Waals surface area contributed by atoms with E-state index in [4.69, 9.17) is 14.2 Å². The van der Waals surface area contributed by atoms with Crippen molar-refractivity contribution in [3.8, 4) is 17.2 Å². The first-order valence-electron chi connectivity index (χ1n) is 11.4. The van der Waals surface area contributed by atoms with Crippen molar-refractivity contribution in [3.05, 3.63) is 77.4 Å². The molecule has 3 rings (SSSR count). The number of nitrogens with one attached hydrogen (secondary N) is 1. The standard InChI is InChI=1S/C27H32N2O6S/c1-19-6-9-24(10-7-19)36(31,32)29(25-17-22(33-4)8-11-26(25)34-5)18-27(30)28-12-13-35-23-15-20(2)14-21(3)16-23/h6-11,14-17H,12-13,18H2,1-5H3,(H,28,30). The molecule has 0 aliphatic rings. The van der Waals surface area contributed by atoms with Crippen LogP contribution in [0.15, 0.2) is 65.6 Å². The van der Waals surface area contributed by atoms with Crippen molar-refractivity contribution in [1.82, 2.24) is 5.32 Å². The zero-order chi connectivity index (χ0) is 26.3. The smallest absolute Gasteiger partial charge is 0.264 e. The lowest BCUT2D eigenvalue weighted by Gasteiger charge is -2.26. The maximum Gasteiger partial charge on any atom is 0.264 e. The summed E-state index contributed by atoms with van der Waals surface area (Å²) >= 11 is 0. The lowest BCUT2D eigenvalue weighted by Crippen LogP contribution is -2.42.